The third kappa shape index (κ3) is 4.38. The van der Waals surface area contributed by atoms with Gasteiger partial charge < -0.3 is 14.1 Å². The number of methoxy groups -OCH3 is 1. The lowest BCUT2D eigenvalue weighted by Crippen LogP contribution is -2.43. The molecule has 1 amide bonds. The number of likely N-dealkylation sites (tertiary alicyclic amines) is 2. The van der Waals surface area contributed by atoms with Crippen LogP contribution in [-0.2, 0) is 11.2 Å². The zero-order valence-corrected chi connectivity index (χ0v) is 16.6. The molecule has 6 nitrogen and oxygen atoms in total. The van der Waals surface area contributed by atoms with E-state index in [4.69, 9.17) is 9.15 Å². The van der Waals surface area contributed by atoms with Crippen LogP contribution in [0.1, 0.15) is 55.4 Å². The molecular formula is C22H29N3O3. The van der Waals surface area contributed by atoms with Crippen molar-refractivity contribution >= 4 is 5.91 Å². The molecule has 0 bridgehead atoms. The van der Waals surface area contributed by atoms with E-state index in [1.165, 1.54) is 12.8 Å². The Morgan fingerprint density at radius 2 is 2.04 bits per heavy atom. The van der Waals surface area contributed by atoms with Crippen molar-refractivity contribution in [2.75, 3.05) is 33.3 Å². The highest BCUT2D eigenvalue weighted by molar-refractivity contribution is 5.78. The van der Waals surface area contributed by atoms with E-state index >= 15 is 0 Å². The zero-order chi connectivity index (χ0) is 19.3. The lowest BCUT2D eigenvalue weighted by Gasteiger charge is -2.34. The zero-order valence-electron chi connectivity index (χ0n) is 16.6. The molecule has 0 radical (unpaired) electrons. The summed E-state index contributed by atoms with van der Waals surface area (Å²) >= 11 is 0. The normalized spacial score (nSPS) is 20.5. The molecule has 3 heterocycles. The third-order valence-electron chi connectivity index (χ3n) is 5.75. The van der Waals surface area contributed by atoms with Crippen molar-refractivity contribution in [1.29, 1.82) is 0 Å². The number of oxazole rings is 1. The monoisotopic (exact) mass is 383 g/mol. The van der Waals surface area contributed by atoms with E-state index in [2.05, 4.69) is 16.0 Å². The van der Waals surface area contributed by atoms with Gasteiger partial charge in [0.1, 0.15) is 17.6 Å². The number of hydrogen-bond donors (Lipinski definition) is 0. The Morgan fingerprint density at radius 3 is 2.86 bits per heavy atom. The summed E-state index contributed by atoms with van der Waals surface area (Å²) < 4.78 is 11.4. The number of amides is 1. The number of aromatic nitrogens is 1. The number of carbonyl (C=O) groups is 1. The molecule has 2 aliphatic heterocycles. The lowest BCUT2D eigenvalue weighted by molar-refractivity contribution is -0.136. The van der Waals surface area contributed by atoms with Gasteiger partial charge in [0.2, 0.25) is 11.8 Å². The molecule has 150 valence electrons. The minimum Gasteiger partial charge on any atom is -0.497 e. The molecule has 0 aliphatic carbocycles. The van der Waals surface area contributed by atoms with Crippen molar-refractivity contribution in [2.45, 2.75) is 44.6 Å². The Labute approximate surface area is 166 Å². The molecule has 2 aliphatic rings. The Balaban J connectivity index is 1.45. The standard InChI is InChI=1S/C22H29N3O3/c1-27-18-8-6-7-17(13-18)14-19-15-23-22(28-19)20-9-2-3-12-25(20)21(26)16-24-10-4-5-11-24/h6-8,13,15,20H,2-5,9-12,14,16H2,1H3/t20-/m1/s1. The van der Waals surface area contributed by atoms with E-state index in [-0.39, 0.29) is 11.9 Å². The average Bonchev–Trinajstić information content (AvgIpc) is 3.40. The van der Waals surface area contributed by atoms with Crippen LogP contribution >= 0.6 is 0 Å². The third-order valence-corrected chi connectivity index (χ3v) is 5.75. The van der Waals surface area contributed by atoms with Gasteiger partial charge in [0.15, 0.2) is 0 Å². The van der Waals surface area contributed by atoms with Gasteiger partial charge in [-0.1, -0.05) is 12.1 Å². The Bertz CT molecular complexity index is 798. The average molecular weight is 383 g/mol. The van der Waals surface area contributed by atoms with Gasteiger partial charge in [0, 0.05) is 13.0 Å². The highest BCUT2D eigenvalue weighted by atomic mass is 16.5. The van der Waals surface area contributed by atoms with Crippen LogP contribution in [-0.4, -0.2) is 54.0 Å². The highest BCUT2D eigenvalue weighted by Gasteiger charge is 2.32. The molecule has 1 aromatic carbocycles. The predicted molar refractivity (Wildman–Crippen MR) is 106 cm³/mol. The summed E-state index contributed by atoms with van der Waals surface area (Å²) in [4.78, 5) is 21.7. The van der Waals surface area contributed by atoms with Gasteiger partial charge in [-0.3, -0.25) is 9.69 Å². The first-order valence-corrected chi connectivity index (χ1v) is 10.3. The van der Waals surface area contributed by atoms with Crippen LogP contribution in [0.25, 0.3) is 0 Å². The van der Waals surface area contributed by atoms with E-state index in [1.807, 2.05) is 23.1 Å². The van der Waals surface area contributed by atoms with Crippen molar-refractivity contribution in [2.24, 2.45) is 0 Å². The summed E-state index contributed by atoms with van der Waals surface area (Å²) in [5.74, 6) is 2.54. The molecule has 0 saturated carbocycles. The molecule has 4 rings (SSSR count). The van der Waals surface area contributed by atoms with Gasteiger partial charge in [-0.05, 0) is 62.9 Å². The Morgan fingerprint density at radius 1 is 1.21 bits per heavy atom. The number of benzene rings is 1. The smallest absolute Gasteiger partial charge is 0.237 e. The summed E-state index contributed by atoms with van der Waals surface area (Å²) in [6, 6.07) is 7.93. The van der Waals surface area contributed by atoms with Gasteiger partial charge in [-0.15, -0.1) is 0 Å². The molecule has 28 heavy (non-hydrogen) atoms. The van der Waals surface area contributed by atoms with Gasteiger partial charge in [-0.25, -0.2) is 4.98 Å². The summed E-state index contributed by atoms with van der Waals surface area (Å²) in [7, 11) is 1.67. The van der Waals surface area contributed by atoms with Crippen LogP contribution < -0.4 is 4.74 Å². The Hall–Kier alpha value is -2.34. The fourth-order valence-corrected chi connectivity index (χ4v) is 4.25. The minimum atomic E-state index is -0.0390. The van der Waals surface area contributed by atoms with Crippen LogP contribution in [0.3, 0.4) is 0 Å². The molecule has 1 atom stereocenters. The van der Waals surface area contributed by atoms with Gasteiger partial charge in [0.05, 0.1) is 19.9 Å². The molecular weight excluding hydrogens is 354 g/mol. The number of rotatable bonds is 6. The van der Waals surface area contributed by atoms with Crippen molar-refractivity contribution in [3.05, 3.63) is 47.7 Å². The van der Waals surface area contributed by atoms with Gasteiger partial charge in [-0.2, -0.15) is 0 Å². The van der Waals surface area contributed by atoms with Crippen molar-refractivity contribution in [3.8, 4) is 5.75 Å². The fourth-order valence-electron chi connectivity index (χ4n) is 4.25. The maximum absolute atomic E-state index is 12.9. The minimum absolute atomic E-state index is 0.0390. The first-order chi connectivity index (χ1) is 13.7. The van der Waals surface area contributed by atoms with Crippen LogP contribution in [0, 0.1) is 0 Å². The molecule has 2 aromatic rings. The van der Waals surface area contributed by atoms with Crippen molar-refractivity contribution in [3.63, 3.8) is 0 Å². The lowest BCUT2D eigenvalue weighted by atomic mass is 10.0. The predicted octanol–water partition coefficient (Wildman–Crippen LogP) is 3.42. The molecule has 2 fully saturated rings. The van der Waals surface area contributed by atoms with E-state index in [9.17, 15) is 4.79 Å². The van der Waals surface area contributed by atoms with Crippen molar-refractivity contribution in [1.82, 2.24) is 14.8 Å². The van der Waals surface area contributed by atoms with E-state index in [0.29, 0.717) is 18.9 Å². The molecule has 1 aromatic heterocycles. The number of ether oxygens (including phenoxy) is 1. The topological polar surface area (TPSA) is 58.8 Å². The first-order valence-electron chi connectivity index (χ1n) is 10.3. The largest absolute Gasteiger partial charge is 0.497 e. The number of hydrogen-bond acceptors (Lipinski definition) is 5. The van der Waals surface area contributed by atoms with Gasteiger partial charge in [0.25, 0.3) is 0 Å². The number of piperidine rings is 1. The number of carbonyl (C=O) groups excluding carboxylic acids is 1. The molecule has 0 spiro atoms. The highest BCUT2D eigenvalue weighted by Crippen LogP contribution is 2.31. The second-order valence-electron chi connectivity index (χ2n) is 7.78. The summed E-state index contributed by atoms with van der Waals surface area (Å²) in [5, 5.41) is 0. The Kier molecular flexibility index (Phi) is 5.95. The van der Waals surface area contributed by atoms with Crippen LogP contribution in [0.2, 0.25) is 0 Å². The maximum Gasteiger partial charge on any atom is 0.237 e. The number of nitrogens with zero attached hydrogens (tertiary/aromatic N) is 3. The van der Waals surface area contributed by atoms with Crippen molar-refractivity contribution < 1.29 is 13.9 Å². The SMILES string of the molecule is COc1cccc(Cc2cnc([C@H]3CCCCN3C(=O)CN3CCCC3)o2)c1. The summed E-state index contributed by atoms with van der Waals surface area (Å²) in [6.07, 6.45) is 7.94. The molecule has 6 heteroatoms. The van der Waals surface area contributed by atoms with Gasteiger partial charge >= 0.3 is 0 Å². The molecule has 0 N–H and O–H groups in total. The summed E-state index contributed by atoms with van der Waals surface area (Å²) in [5.41, 5.74) is 1.12. The quantitative estimate of drug-likeness (QED) is 0.765. The van der Waals surface area contributed by atoms with Crippen LogP contribution in [0.15, 0.2) is 34.9 Å². The first kappa shape index (κ1) is 19.0. The van der Waals surface area contributed by atoms with Crippen LogP contribution in [0.5, 0.6) is 5.75 Å². The second-order valence-corrected chi connectivity index (χ2v) is 7.78. The molecule has 2 saturated heterocycles. The van der Waals surface area contributed by atoms with E-state index < -0.39 is 0 Å². The van der Waals surface area contributed by atoms with E-state index in [1.54, 1.807) is 13.3 Å². The fraction of sp³-hybridized carbons (Fsp3) is 0.545. The maximum atomic E-state index is 12.9. The van der Waals surface area contributed by atoms with Crippen LogP contribution in [0.4, 0.5) is 0 Å². The van der Waals surface area contributed by atoms with E-state index in [0.717, 1.165) is 56.0 Å². The second kappa shape index (κ2) is 8.78. The molecule has 0 unspecified atom stereocenters. The summed E-state index contributed by atoms with van der Waals surface area (Å²) in [6.45, 7) is 3.39.